The van der Waals surface area contributed by atoms with E-state index in [2.05, 4.69) is 5.32 Å². The third-order valence-electron chi connectivity index (χ3n) is 4.45. The Balaban J connectivity index is 1.73. The summed E-state index contributed by atoms with van der Waals surface area (Å²) >= 11 is 5.71. The average Bonchev–Trinajstić information content (AvgIpc) is 2.63. The highest BCUT2D eigenvalue weighted by Crippen LogP contribution is 2.25. The summed E-state index contributed by atoms with van der Waals surface area (Å²) in [5.74, 6) is -5.39. The number of rotatable bonds is 4. The Hall–Kier alpha value is -3.53. The second-order valence-corrected chi connectivity index (χ2v) is 6.75. The number of nitrogens with zero attached hydrogens (tertiary/aromatic N) is 1. The van der Waals surface area contributed by atoms with Gasteiger partial charge in [0.1, 0.15) is 6.04 Å². The van der Waals surface area contributed by atoms with Crippen LogP contribution >= 0.6 is 11.6 Å². The average molecular weight is 438 g/mol. The molecule has 30 heavy (non-hydrogen) atoms. The van der Waals surface area contributed by atoms with Crippen LogP contribution in [-0.4, -0.2) is 46.4 Å². The summed E-state index contributed by atoms with van der Waals surface area (Å²) in [7, 11) is 0. The lowest BCUT2D eigenvalue weighted by Gasteiger charge is -2.38. The summed E-state index contributed by atoms with van der Waals surface area (Å²) in [5.41, 5.74) is -0.405. The summed E-state index contributed by atoms with van der Waals surface area (Å²) < 4.78 is 26.5. The van der Waals surface area contributed by atoms with Crippen molar-refractivity contribution in [3.63, 3.8) is 0 Å². The van der Waals surface area contributed by atoms with E-state index in [1.54, 1.807) is 0 Å². The lowest BCUT2D eigenvalue weighted by molar-refractivity contribution is -0.146. The summed E-state index contributed by atoms with van der Waals surface area (Å²) in [6, 6.07) is 4.97. The highest BCUT2D eigenvalue weighted by molar-refractivity contribution is 6.34. The van der Waals surface area contributed by atoms with Crippen LogP contribution in [0.5, 0.6) is 0 Å². The molecule has 156 valence electrons. The van der Waals surface area contributed by atoms with Crippen molar-refractivity contribution in [2.75, 3.05) is 11.9 Å². The molecule has 1 aliphatic rings. The molecular weight excluding hydrogens is 424 g/mol. The minimum absolute atomic E-state index is 0.0249. The first-order chi connectivity index (χ1) is 14.2. The van der Waals surface area contributed by atoms with Crippen LogP contribution in [0.25, 0.3) is 0 Å². The van der Waals surface area contributed by atoms with Gasteiger partial charge in [0.05, 0.1) is 21.8 Å². The van der Waals surface area contributed by atoms with Crippen molar-refractivity contribution in [3.05, 3.63) is 64.2 Å². The van der Waals surface area contributed by atoms with Crippen LogP contribution in [0.2, 0.25) is 5.02 Å². The molecule has 8 nitrogen and oxygen atoms in total. The first-order valence-electron chi connectivity index (χ1n) is 8.58. The van der Waals surface area contributed by atoms with E-state index in [9.17, 15) is 28.0 Å². The van der Waals surface area contributed by atoms with Gasteiger partial charge in [0.25, 0.3) is 11.8 Å². The van der Waals surface area contributed by atoms with Crippen molar-refractivity contribution in [3.8, 4) is 0 Å². The van der Waals surface area contributed by atoms with Crippen LogP contribution in [0.4, 0.5) is 19.3 Å². The fourth-order valence-corrected chi connectivity index (χ4v) is 3.08. The molecule has 1 heterocycles. The van der Waals surface area contributed by atoms with E-state index >= 15 is 0 Å². The predicted molar refractivity (Wildman–Crippen MR) is 101 cm³/mol. The fourth-order valence-electron chi connectivity index (χ4n) is 2.84. The van der Waals surface area contributed by atoms with E-state index in [-0.39, 0.29) is 17.8 Å². The van der Waals surface area contributed by atoms with E-state index in [1.807, 2.05) is 5.32 Å². The molecule has 0 bridgehead atoms. The van der Waals surface area contributed by atoms with Crippen molar-refractivity contribution >= 4 is 41.1 Å². The van der Waals surface area contributed by atoms with Gasteiger partial charge in [-0.25, -0.2) is 18.4 Å². The molecule has 0 aromatic heterocycles. The second kappa shape index (κ2) is 8.46. The van der Waals surface area contributed by atoms with Gasteiger partial charge >= 0.3 is 12.0 Å². The monoisotopic (exact) mass is 437 g/mol. The second-order valence-electron chi connectivity index (χ2n) is 6.34. The molecule has 1 fully saturated rings. The Kier molecular flexibility index (Phi) is 5.97. The van der Waals surface area contributed by atoms with Crippen molar-refractivity contribution in [1.82, 2.24) is 10.2 Å². The number of carboxylic acids is 1. The third kappa shape index (κ3) is 4.23. The third-order valence-corrected chi connectivity index (χ3v) is 4.77. The number of carbonyl (C=O) groups is 4. The molecular formula is C19H14ClF2N3O5. The molecule has 1 unspecified atom stereocenters. The van der Waals surface area contributed by atoms with Gasteiger partial charge in [-0.05, 0) is 30.7 Å². The quantitative estimate of drug-likeness (QED) is 0.636. The van der Waals surface area contributed by atoms with E-state index in [4.69, 9.17) is 16.7 Å². The van der Waals surface area contributed by atoms with Crippen LogP contribution in [0.3, 0.4) is 0 Å². The molecule has 1 atom stereocenters. The molecule has 2 aromatic rings. The predicted octanol–water partition coefficient (Wildman–Crippen LogP) is 2.88. The Morgan fingerprint density at radius 1 is 1.07 bits per heavy atom. The number of anilines is 1. The minimum Gasteiger partial charge on any atom is -0.480 e. The summed E-state index contributed by atoms with van der Waals surface area (Å²) in [6.07, 6.45) is 0.320. The summed E-state index contributed by atoms with van der Waals surface area (Å²) in [4.78, 5) is 49.3. The highest BCUT2D eigenvalue weighted by Gasteiger charge is 2.38. The largest absolute Gasteiger partial charge is 0.480 e. The number of aliphatic carboxylic acids is 1. The first kappa shape index (κ1) is 21.2. The molecule has 0 saturated carbocycles. The van der Waals surface area contributed by atoms with Gasteiger partial charge < -0.3 is 15.3 Å². The molecule has 11 heteroatoms. The normalized spacial score (nSPS) is 15.2. The van der Waals surface area contributed by atoms with E-state index in [0.29, 0.717) is 18.6 Å². The zero-order valence-corrected chi connectivity index (χ0v) is 15.9. The zero-order valence-electron chi connectivity index (χ0n) is 15.1. The summed E-state index contributed by atoms with van der Waals surface area (Å²) in [5, 5.41) is 12.9. The van der Waals surface area contributed by atoms with Crippen LogP contribution in [0, 0.1) is 11.6 Å². The van der Waals surface area contributed by atoms with Crippen molar-refractivity contribution in [1.29, 1.82) is 0 Å². The maximum Gasteiger partial charge on any atom is 0.326 e. The van der Waals surface area contributed by atoms with Gasteiger partial charge in [0.15, 0.2) is 11.6 Å². The maximum atomic E-state index is 13.4. The van der Waals surface area contributed by atoms with Gasteiger partial charge in [-0.2, -0.15) is 0 Å². The lowest BCUT2D eigenvalue weighted by atomic mass is 10.0. The minimum atomic E-state index is -1.32. The van der Waals surface area contributed by atoms with Gasteiger partial charge in [-0.1, -0.05) is 23.7 Å². The Labute approximate surface area is 173 Å². The number of hydrogen-bond donors (Lipinski definition) is 3. The standard InChI is InChI=1S/C19H14ClF2N3O5/c20-11-8-13(22)12(21)7-10(11)16(26)24-19(30)23-14-4-2-1-3-9(14)17(27)25-6-5-15(25)18(28)29/h1-4,7-8,15H,5-6H2,(H,28,29)(H2,23,24,26,30). The number of imide groups is 1. The van der Waals surface area contributed by atoms with Crippen molar-refractivity contribution in [2.45, 2.75) is 12.5 Å². The number of benzene rings is 2. The topological polar surface area (TPSA) is 116 Å². The first-order valence-corrected chi connectivity index (χ1v) is 8.96. The number of hydrogen-bond acceptors (Lipinski definition) is 4. The van der Waals surface area contributed by atoms with Crippen LogP contribution < -0.4 is 10.6 Å². The van der Waals surface area contributed by atoms with Gasteiger partial charge in [0, 0.05) is 6.54 Å². The SMILES string of the molecule is O=C(NC(=O)c1cc(F)c(F)cc1Cl)Nc1ccccc1C(=O)N1CCC1C(=O)O. The number of halogens is 3. The number of para-hydroxylation sites is 1. The Morgan fingerprint density at radius 3 is 2.37 bits per heavy atom. The molecule has 0 radical (unpaired) electrons. The number of urea groups is 1. The number of nitrogens with one attached hydrogen (secondary N) is 2. The van der Waals surface area contributed by atoms with E-state index < -0.39 is 52.1 Å². The number of carboxylic acid groups (broad SMARTS) is 1. The van der Waals surface area contributed by atoms with Crippen molar-refractivity contribution in [2.24, 2.45) is 0 Å². The van der Waals surface area contributed by atoms with Crippen molar-refractivity contribution < 1.29 is 33.1 Å². The number of carbonyl (C=O) groups excluding carboxylic acids is 3. The Bertz CT molecular complexity index is 1060. The molecule has 2 aromatic carbocycles. The van der Waals surface area contributed by atoms with Gasteiger partial charge in [-0.15, -0.1) is 0 Å². The molecule has 3 N–H and O–H groups in total. The molecule has 0 spiro atoms. The van der Waals surface area contributed by atoms with Crippen LogP contribution in [-0.2, 0) is 4.79 Å². The van der Waals surface area contributed by atoms with Crippen LogP contribution in [0.15, 0.2) is 36.4 Å². The molecule has 1 saturated heterocycles. The number of amides is 4. The molecule has 1 aliphatic heterocycles. The van der Waals surface area contributed by atoms with Gasteiger partial charge in [-0.3, -0.25) is 14.9 Å². The maximum absolute atomic E-state index is 13.4. The molecule has 3 rings (SSSR count). The number of likely N-dealkylation sites (tertiary alicyclic amines) is 1. The Morgan fingerprint density at radius 2 is 1.73 bits per heavy atom. The lowest BCUT2D eigenvalue weighted by Crippen LogP contribution is -2.55. The molecule has 0 aliphatic carbocycles. The zero-order chi connectivity index (χ0) is 22.0. The van der Waals surface area contributed by atoms with E-state index in [0.717, 1.165) is 4.90 Å². The summed E-state index contributed by atoms with van der Waals surface area (Å²) in [6.45, 7) is 0.253. The fraction of sp³-hybridized carbons (Fsp3) is 0.158. The van der Waals surface area contributed by atoms with Gasteiger partial charge in [0.2, 0.25) is 0 Å². The van der Waals surface area contributed by atoms with Crippen LogP contribution in [0.1, 0.15) is 27.1 Å². The highest BCUT2D eigenvalue weighted by atomic mass is 35.5. The molecule has 4 amide bonds. The smallest absolute Gasteiger partial charge is 0.326 e. The van der Waals surface area contributed by atoms with E-state index in [1.165, 1.54) is 24.3 Å².